The Bertz CT molecular complexity index is 306. The highest BCUT2D eigenvalue weighted by Crippen LogP contribution is 2.13. The SMILES string of the molecule is Clc1cccc(CN2CCC[N]CC2)c1. The van der Waals surface area contributed by atoms with Crippen molar-refractivity contribution in [3.63, 3.8) is 0 Å². The van der Waals surface area contributed by atoms with E-state index in [4.69, 9.17) is 11.6 Å². The van der Waals surface area contributed by atoms with Gasteiger partial charge in [0.1, 0.15) is 0 Å². The van der Waals surface area contributed by atoms with Gasteiger partial charge in [0.2, 0.25) is 0 Å². The van der Waals surface area contributed by atoms with E-state index in [1.54, 1.807) is 0 Å². The van der Waals surface area contributed by atoms with E-state index in [0.29, 0.717) is 0 Å². The zero-order valence-electron chi connectivity index (χ0n) is 8.82. The van der Waals surface area contributed by atoms with Gasteiger partial charge in [0, 0.05) is 31.2 Å². The van der Waals surface area contributed by atoms with Crippen molar-refractivity contribution in [2.75, 3.05) is 26.2 Å². The second kappa shape index (κ2) is 5.50. The van der Waals surface area contributed by atoms with E-state index in [-0.39, 0.29) is 0 Å². The number of nitrogens with zero attached hydrogens (tertiary/aromatic N) is 2. The highest BCUT2D eigenvalue weighted by atomic mass is 35.5. The third kappa shape index (κ3) is 3.49. The lowest BCUT2D eigenvalue weighted by atomic mass is 10.2. The van der Waals surface area contributed by atoms with Gasteiger partial charge in [-0.25, -0.2) is 5.32 Å². The molecule has 0 saturated carbocycles. The highest BCUT2D eigenvalue weighted by Gasteiger charge is 2.09. The highest BCUT2D eigenvalue weighted by molar-refractivity contribution is 6.30. The van der Waals surface area contributed by atoms with Gasteiger partial charge in [-0.1, -0.05) is 23.7 Å². The average molecular weight is 224 g/mol. The number of hydrogen-bond acceptors (Lipinski definition) is 1. The summed E-state index contributed by atoms with van der Waals surface area (Å²) in [7, 11) is 0. The van der Waals surface area contributed by atoms with Crippen LogP contribution in [0.4, 0.5) is 0 Å². The van der Waals surface area contributed by atoms with E-state index < -0.39 is 0 Å². The topological polar surface area (TPSA) is 17.3 Å². The lowest BCUT2D eigenvalue weighted by Gasteiger charge is -2.19. The second-order valence-corrected chi connectivity index (χ2v) is 4.37. The van der Waals surface area contributed by atoms with Crippen LogP contribution < -0.4 is 5.32 Å². The van der Waals surface area contributed by atoms with Gasteiger partial charge in [-0.15, -0.1) is 0 Å². The fourth-order valence-corrected chi connectivity index (χ4v) is 2.11. The van der Waals surface area contributed by atoms with Crippen molar-refractivity contribution >= 4 is 11.6 Å². The molecule has 1 aliphatic rings. The van der Waals surface area contributed by atoms with Crippen LogP contribution in [0.1, 0.15) is 12.0 Å². The molecule has 1 fully saturated rings. The molecule has 1 aromatic carbocycles. The van der Waals surface area contributed by atoms with Crippen LogP contribution in [0, 0.1) is 0 Å². The van der Waals surface area contributed by atoms with Crippen LogP contribution in [-0.4, -0.2) is 31.1 Å². The molecule has 0 aliphatic carbocycles. The van der Waals surface area contributed by atoms with Gasteiger partial charge in [-0.2, -0.15) is 0 Å². The summed E-state index contributed by atoms with van der Waals surface area (Å²) in [6.07, 6.45) is 1.18. The molecule has 2 rings (SSSR count). The lowest BCUT2D eigenvalue weighted by Crippen LogP contribution is -2.26. The van der Waals surface area contributed by atoms with Crippen molar-refractivity contribution in [3.8, 4) is 0 Å². The van der Waals surface area contributed by atoms with Gasteiger partial charge in [-0.3, -0.25) is 4.90 Å². The Labute approximate surface area is 96.2 Å². The van der Waals surface area contributed by atoms with Crippen LogP contribution in [0.25, 0.3) is 0 Å². The van der Waals surface area contributed by atoms with Crippen LogP contribution in [-0.2, 0) is 6.54 Å². The molecule has 1 heterocycles. The minimum absolute atomic E-state index is 0.826. The Morgan fingerprint density at radius 1 is 1.27 bits per heavy atom. The maximum Gasteiger partial charge on any atom is 0.0409 e. The van der Waals surface area contributed by atoms with Crippen molar-refractivity contribution in [3.05, 3.63) is 34.9 Å². The molecule has 0 spiro atoms. The van der Waals surface area contributed by atoms with Crippen LogP contribution in [0.2, 0.25) is 5.02 Å². The summed E-state index contributed by atoms with van der Waals surface area (Å²) < 4.78 is 0. The summed E-state index contributed by atoms with van der Waals surface area (Å²) in [5.74, 6) is 0. The van der Waals surface area contributed by atoms with Crippen molar-refractivity contribution < 1.29 is 0 Å². The predicted octanol–water partition coefficient (Wildman–Crippen LogP) is 2.15. The summed E-state index contributed by atoms with van der Waals surface area (Å²) >= 11 is 5.96. The first kappa shape index (κ1) is 10.9. The van der Waals surface area contributed by atoms with Crippen LogP contribution in [0.5, 0.6) is 0 Å². The minimum Gasteiger partial charge on any atom is -0.298 e. The third-order valence-corrected chi connectivity index (χ3v) is 2.90. The van der Waals surface area contributed by atoms with Crippen molar-refractivity contribution in [1.82, 2.24) is 10.2 Å². The molecule has 15 heavy (non-hydrogen) atoms. The molecule has 1 radical (unpaired) electrons. The smallest absolute Gasteiger partial charge is 0.0409 e. The van der Waals surface area contributed by atoms with Gasteiger partial charge < -0.3 is 0 Å². The first-order chi connectivity index (χ1) is 7.34. The number of hydrogen-bond donors (Lipinski definition) is 0. The monoisotopic (exact) mass is 223 g/mol. The van der Waals surface area contributed by atoms with Crippen molar-refractivity contribution in [2.45, 2.75) is 13.0 Å². The van der Waals surface area contributed by atoms with Gasteiger partial charge in [0.15, 0.2) is 0 Å². The normalized spacial score (nSPS) is 18.7. The van der Waals surface area contributed by atoms with E-state index in [2.05, 4.69) is 16.3 Å². The van der Waals surface area contributed by atoms with Crippen molar-refractivity contribution in [2.24, 2.45) is 0 Å². The number of benzene rings is 1. The van der Waals surface area contributed by atoms with Crippen molar-refractivity contribution in [1.29, 1.82) is 0 Å². The molecule has 81 valence electrons. The Balaban J connectivity index is 1.95. The maximum atomic E-state index is 5.96. The van der Waals surface area contributed by atoms with Crippen LogP contribution >= 0.6 is 11.6 Å². The van der Waals surface area contributed by atoms with Gasteiger partial charge in [0.25, 0.3) is 0 Å². The third-order valence-electron chi connectivity index (χ3n) is 2.66. The molecular formula is C12H16ClN2. The summed E-state index contributed by atoms with van der Waals surface area (Å²) in [5, 5.41) is 5.24. The first-order valence-electron chi connectivity index (χ1n) is 5.45. The van der Waals surface area contributed by atoms with E-state index >= 15 is 0 Å². The molecule has 1 aliphatic heterocycles. The summed E-state index contributed by atoms with van der Waals surface area (Å²) in [6.45, 7) is 5.21. The van der Waals surface area contributed by atoms with Gasteiger partial charge >= 0.3 is 0 Å². The summed E-state index contributed by atoms with van der Waals surface area (Å²) in [6, 6.07) is 8.11. The molecule has 0 N–H and O–H groups in total. The van der Waals surface area contributed by atoms with E-state index in [1.807, 2.05) is 18.2 Å². The molecule has 1 saturated heterocycles. The molecular weight excluding hydrogens is 208 g/mol. The van der Waals surface area contributed by atoms with Gasteiger partial charge in [0.05, 0.1) is 0 Å². The number of halogens is 1. The lowest BCUT2D eigenvalue weighted by molar-refractivity contribution is 0.284. The summed E-state index contributed by atoms with van der Waals surface area (Å²) in [4.78, 5) is 2.45. The zero-order chi connectivity index (χ0) is 10.5. The van der Waals surface area contributed by atoms with E-state index in [9.17, 15) is 0 Å². The molecule has 3 heteroatoms. The second-order valence-electron chi connectivity index (χ2n) is 3.93. The largest absolute Gasteiger partial charge is 0.298 e. The fraction of sp³-hybridized carbons (Fsp3) is 0.500. The maximum absolute atomic E-state index is 5.96. The van der Waals surface area contributed by atoms with Crippen LogP contribution in [0.3, 0.4) is 0 Å². The fourth-order valence-electron chi connectivity index (χ4n) is 1.89. The molecule has 0 amide bonds. The molecule has 0 aromatic heterocycles. The number of rotatable bonds is 2. The zero-order valence-corrected chi connectivity index (χ0v) is 9.58. The molecule has 1 aromatic rings. The molecule has 2 nitrogen and oxygen atoms in total. The Kier molecular flexibility index (Phi) is 4.01. The van der Waals surface area contributed by atoms with Gasteiger partial charge in [-0.05, 0) is 30.7 Å². The summed E-state index contributed by atoms with van der Waals surface area (Å²) in [5.41, 5.74) is 1.30. The standard InChI is InChI=1S/C12H16ClN2/c13-12-4-1-3-11(9-12)10-15-7-2-5-14-6-8-15/h1,3-4,9H,2,5-8,10H2. The minimum atomic E-state index is 0.826. The predicted molar refractivity (Wildman–Crippen MR) is 63.2 cm³/mol. The van der Waals surface area contributed by atoms with Crippen LogP contribution in [0.15, 0.2) is 24.3 Å². The Morgan fingerprint density at radius 3 is 3.07 bits per heavy atom. The molecule has 0 atom stereocenters. The average Bonchev–Trinajstić information content (AvgIpc) is 2.46. The Morgan fingerprint density at radius 2 is 2.20 bits per heavy atom. The molecule has 0 bridgehead atoms. The van der Waals surface area contributed by atoms with E-state index in [0.717, 1.165) is 37.7 Å². The van der Waals surface area contributed by atoms with E-state index in [1.165, 1.54) is 12.0 Å². The molecule has 0 unspecified atom stereocenters. The first-order valence-corrected chi connectivity index (χ1v) is 5.82. The quantitative estimate of drug-likeness (QED) is 0.751. The Hall–Kier alpha value is -0.570.